The van der Waals surface area contributed by atoms with Gasteiger partial charge in [0.2, 0.25) is 0 Å². The molecule has 1 aliphatic rings. The fraction of sp³-hybridized carbons (Fsp3) is 0.208. The monoisotopic (exact) mass is 643 g/mol. The van der Waals surface area contributed by atoms with Crippen LogP contribution in [-0.4, -0.2) is 4.57 Å². The number of aromatic nitrogens is 1. The molecule has 1 aliphatic carbocycles. The molecule has 6 aromatic carbocycles. The maximum absolute atomic E-state index is 4.10. The van der Waals surface area contributed by atoms with Gasteiger partial charge in [0.15, 0.2) is 0 Å². The molecule has 0 N–H and O–H groups in total. The van der Waals surface area contributed by atoms with E-state index in [0.29, 0.717) is 0 Å². The molecule has 8 rings (SSSR count). The van der Waals surface area contributed by atoms with Gasteiger partial charge in [-0.3, -0.25) is 0 Å². The Morgan fingerprint density at radius 1 is 0.531 bits per heavy atom. The van der Waals surface area contributed by atoms with Crippen molar-refractivity contribution in [3.05, 3.63) is 180 Å². The maximum Gasteiger partial charge on any atom is 0.0585 e. The topological polar surface area (TPSA) is 4.93 Å². The minimum absolute atomic E-state index is 0.0754. The summed E-state index contributed by atoms with van der Waals surface area (Å²) < 4.78 is 2.45. The summed E-state index contributed by atoms with van der Waals surface area (Å²) in [7, 11) is 0. The lowest BCUT2D eigenvalue weighted by Crippen LogP contribution is -2.15. The zero-order valence-electron chi connectivity index (χ0n) is 31.0. The Hall–Kier alpha value is -5.14. The van der Waals surface area contributed by atoms with Crippen molar-refractivity contribution < 1.29 is 0 Å². The van der Waals surface area contributed by atoms with E-state index in [4.69, 9.17) is 0 Å². The highest BCUT2D eigenvalue weighted by Gasteiger charge is 2.41. The van der Waals surface area contributed by atoms with Crippen molar-refractivity contribution in [1.29, 1.82) is 0 Å². The van der Waals surface area contributed by atoms with Gasteiger partial charge >= 0.3 is 0 Å². The van der Waals surface area contributed by atoms with Gasteiger partial charge < -0.3 is 4.57 Å². The molecule has 1 nitrogen and oxygen atoms in total. The third-order valence-electron chi connectivity index (χ3n) is 9.02. The summed E-state index contributed by atoms with van der Waals surface area (Å²) in [5.41, 5.74) is 12.9. The van der Waals surface area contributed by atoms with Crippen LogP contribution in [-0.2, 0) is 5.41 Å². The molecule has 0 bridgehead atoms. The van der Waals surface area contributed by atoms with Gasteiger partial charge in [-0.05, 0) is 77.6 Å². The van der Waals surface area contributed by atoms with Crippen LogP contribution >= 0.6 is 0 Å². The Bertz CT molecular complexity index is 2060. The Balaban J connectivity index is 0.000000247. The van der Waals surface area contributed by atoms with Gasteiger partial charge in [-0.1, -0.05) is 181 Å². The predicted octanol–water partition coefficient (Wildman–Crippen LogP) is 14.2. The second-order valence-electron chi connectivity index (χ2n) is 12.5. The van der Waals surface area contributed by atoms with Gasteiger partial charge in [0.1, 0.15) is 0 Å². The van der Waals surface area contributed by atoms with Crippen molar-refractivity contribution in [2.24, 2.45) is 0 Å². The molecule has 0 saturated carbocycles. The fourth-order valence-electron chi connectivity index (χ4n) is 6.61. The summed E-state index contributed by atoms with van der Waals surface area (Å²) in [6.07, 6.45) is 0. The van der Waals surface area contributed by atoms with E-state index in [0.717, 1.165) is 5.57 Å². The van der Waals surface area contributed by atoms with Crippen molar-refractivity contribution in [3.63, 3.8) is 0 Å². The predicted molar refractivity (Wildman–Crippen MR) is 218 cm³/mol. The molecule has 0 atom stereocenters. The van der Waals surface area contributed by atoms with Crippen molar-refractivity contribution in [2.45, 2.75) is 67.7 Å². The summed E-state index contributed by atoms with van der Waals surface area (Å²) in [6.45, 7) is 23.2. The van der Waals surface area contributed by atoms with Gasteiger partial charge in [0, 0.05) is 22.1 Å². The van der Waals surface area contributed by atoms with E-state index < -0.39 is 0 Å². The first-order valence-electron chi connectivity index (χ1n) is 17.7. The Kier molecular flexibility index (Phi) is 12.6. The minimum Gasteiger partial charge on any atom is -0.309 e. The maximum atomic E-state index is 4.10. The molecule has 7 aromatic rings. The second-order valence-corrected chi connectivity index (χ2v) is 12.5. The zero-order valence-corrected chi connectivity index (χ0v) is 31.0. The van der Waals surface area contributed by atoms with Gasteiger partial charge in [-0.2, -0.15) is 0 Å². The fourth-order valence-corrected chi connectivity index (χ4v) is 6.61. The van der Waals surface area contributed by atoms with Crippen LogP contribution in [0.15, 0.2) is 152 Å². The summed E-state index contributed by atoms with van der Waals surface area (Å²) >= 11 is 0. The summed E-state index contributed by atoms with van der Waals surface area (Å²) in [6, 6.07) is 51.4. The van der Waals surface area contributed by atoms with E-state index in [2.05, 4.69) is 155 Å². The first-order chi connectivity index (χ1) is 23.8. The Morgan fingerprint density at radius 3 is 1.55 bits per heavy atom. The molecule has 1 heterocycles. The quantitative estimate of drug-likeness (QED) is 0.177. The molecule has 1 heteroatoms. The van der Waals surface area contributed by atoms with Crippen LogP contribution in [0.25, 0.3) is 44.2 Å². The second kappa shape index (κ2) is 16.8. The number of aryl methyl sites for hydroxylation is 2. The number of hydrogen-bond acceptors (Lipinski definition) is 0. The molecule has 0 amide bonds. The van der Waals surface area contributed by atoms with Crippen molar-refractivity contribution in [1.82, 2.24) is 4.57 Å². The highest BCUT2D eigenvalue weighted by atomic mass is 15.0. The van der Waals surface area contributed by atoms with Crippen LogP contribution in [0, 0.1) is 13.8 Å². The van der Waals surface area contributed by atoms with Gasteiger partial charge in [0.25, 0.3) is 0 Å². The van der Waals surface area contributed by atoms with Gasteiger partial charge in [-0.25, -0.2) is 0 Å². The number of benzene rings is 6. The van der Waals surface area contributed by atoms with Crippen LogP contribution in [0.3, 0.4) is 0 Å². The van der Waals surface area contributed by atoms with Crippen molar-refractivity contribution in [3.8, 4) is 16.9 Å². The molecule has 250 valence electrons. The van der Waals surface area contributed by atoms with E-state index in [9.17, 15) is 0 Å². The highest BCUT2D eigenvalue weighted by Crippen LogP contribution is 2.55. The summed E-state index contributed by atoms with van der Waals surface area (Å²) in [4.78, 5) is 0. The average Bonchev–Trinajstić information content (AvgIpc) is 3.63. The van der Waals surface area contributed by atoms with Crippen LogP contribution < -0.4 is 0 Å². The molecular formula is C48H53N. The molecule has 0 radical (unpaired) electrons. The highest BCUT2D eigenvalue weighted by molar-refractivity contribution is 6.04. The number of nitrogens with zero attached hydrogens (tertiary/aromatic N) is 1. The standard InChI is InChI=1S/C30H25N.C8H10.C6H6.2C2H6/c1-19(2)20-13-16-22(17-14-20)31-26-12-8-7-11-24(26)28-29(31)25-18-15-21-9-5-6-10-23(21)27(25)30(28,3)4;1-7-5-3-4-6-8(7)2;1-2-4-6-5-3-1;2*1-2/h5-18H,1H2,2-4H3;3-6H,1-2H3;1-6H;2*1-2H3. The molecule has 0 fully saturated rings. The number of rotatable bonds is 2. The SMILES string of the molecule is C=C(C)c1ccc(-n2c3c(c4ccccc42)C(C)(C)c2c-3ccc3ccccc23)cc1.CC.CC.Cc1ccccc1C.c1ccccc1. The van der Waals surface area contributed by atoms with Crippen LogP contribution in [0.1, 0.15) is 76.3 Å². The first-order valence-corrected chi connectivity index (χ1v) is 17.7. The first kappa shape index (κ1) is 36.7. The molecular weight excluding hydrogens is 591 g/mol. The van der Waals surface area contributed by atoms with Crippen LogP contribution in [0.4, 0.5) is 0 Å². The lowest BCUT2D eigenvalue weighted by molar-refractivity contribution is 0.672. The molecule has 0 spiro atoms. The molecule has 49 heavy (non-hydrogen) atoms. The third-order valence-corrected chi connectivity index (χ3v) is 9.02. The largest absolute Gasteiger partial charge is 0.309 e. The third kappa shape index (κ3) is 7.63. The molecule has 1 aromatic heterocycles. The Morgan fingerprint density at radius 2 is 1.02 bits per heavy atom. The number of allylic oxidation sites excluding steroid dienone is 1. The number of fused-ring (bicyclic) bond motifs is 7. The van der Waals surface area contributed by atoms with E-state index in [1.54, 1.807) is 0 Å². The van der Waals surface area contributed by atoms with E-state index in [-0.39, 0.29) is 5.41 Å². The lowest BCUT2D eigenvalue weighted by Gasteiger charge is -2.23. The van der Waals surface area contributed by atoms with Crippen molar-refractivity contribution >= 4 is 27.2 Å². The van der Waals surface area contributed by atoms with E-state index >= 15 is 0 Å². The van der Waals surface area contributed by atoms with Crippen molar-refractivity contribution in [2.75, 3.05) is 0 Å². The minimum atomic E-state index is -0.0754. The van der Waals surface area contributed by atoms with Gasteiger partial charge in [-0.15, -0.1) is 0 Å². The zero-order chi connectivity index (χ0) is 35.6. The molecule has 0 unspecified atom stereocenters. The average molecular weight is 644 g/mol. The van der Waals surface area contributed by atoms with Crippen LogP contribution in [0.2, 0.25) is 0 Å². The molecule has 0 aliphatic heterocycles. The number of hydrogen-bond donors (Lipinski definition) is 0. The number of para-hydroxylation sites is 1. The van der Waals surface area contributed by atoms with E-state index in [1.807, 2.05) is 64.1 Å². The smallest absolute Gasteiger partial charge is 0.0585 e. The summed E-state index contributed by atoms with van der Waals surface area (Å²) in [5.74, 6) is 0. The Labute approximate surface area is 295 Å². The lowest BCUT2D eigenvalue weighted by atomic mass is 9.79. The summed E-state index contributed by atoms with van der Waals surface area (Å²) in [5, 5.41) is 4.00. The van der Waals surface area contributed by atoms with E-state index in [1.165, 1.54) is 66.4 Å². The van der Waals surface area contributed by atoms with Gasteiger partial charge in [0.05, 0.1) is 11.2 Å². The van der Waals surface area contributed by atoms with Crippen LogP contribution in [0.5, 0.6) is 0 Å². The normalized spacial score (nSPS) is 11.6. The molecule has 0 saturated heterocycles.